The third-order valence-corrected chi connectivity index (χ3v) is 3.73. The van der Waals surface area contributed by atoms with Crippen LogP contribution in [0, 0.1) is 0 Å². The Bertz CT molecular complexity index is 783. The zero-order valence-electron chi connectivity index (χ0n) is 12.2. The summed E-state index contributed by atoms with van der Waals surface area (Å²) in [4.78, 5) is 17.0. The van der Waals surface area contributed by atoms with Gasteiger partial charge in [0.15, 0.2) is 5.78 Å². The zero-order chi connectivity index (χ0) is 14.8. The van der Waals surface area contributed by atoms with Crippen molar-refractivity contribution in [1.82, 2.24) is 4.98 Å². The van der Waals surface area contributed by atoms with Gasteiger partial charge in [0.1, 0.15) is 0 Å². The Kier molecular flexibility index (Phi) is 3.53. The Morgan fingerprint density at radius 2 is 1.67 bits per heavy atom. The van der Waals surface area contributed by atoms with Crippen LogP contribution in [-0.4, -0.2) is 10.8 Å². The smallest absolute Gasteiger partial charge is 0.193 e. The van der Waals surface area contributed by atoms with Crippen molar-refractivity contribution in [1.29, 1.82) is 0 Å². The summed E-state index contributed by atoms with van der Waals surface area (Å²) in [6.07, 6.45) is 1.69. The summed E-state index contributed by atoms with van der Waals surface area (Å²) in [6.45, 7) is 4.29. The number of carbonyl (C=O) groups excluding carboxylic acids is 1. The lowest BCUT2D eigenvalue weighted by Crippen LogP contribution is -2.03. The molecule has 104 valence electrons. The maximum atomic E-state index is 12.7. The summed E-state index contributed by atoms with van der Waals surface area (Å²) < 4.78 is 0. The summed E-state index contributed by atoms with van der Waals surface area (Å²) in [6, 6.07) is 17.4. The van der Waals surface area contributed by atoms with E-state index in [1.165, 1.54) is 5.56 Å². The van der Waals surface area contributed by atoms with Crippen LogP contribution in [0.1, 0.15) is 41.3 Å². The molecule has 0 saturated heterocycles. The van der Waals surface area contributed by atoms with Crippen LogP contribution in [0.25, 0.3) is 10.9 Å². The molecular formula is C19H17NO. The van der Waals surface area contributed by atoms with Gasteiger partial charge in [-0.3, -0.25) is 9.78 Å². The molecule has 0 aliphatic carbocycles. The molecule has 2 aromatic carbocycles. The van der Waals surface area contributed by atoms with E-state index in [-0.39, 0.29) is 5.78 Å². The highest BCUT2D eigenvalue weighted by atomic mass is 16.1. The molecule has 0 amide bonds. The summed E-state index contributed by atoms with van der Waals surface area (Å²) in [5.41, 5.74) is 3.52. The molecule has 0 radical (unpaired) electrons. The van der Waals surface area contributed by atoms with Gasteiger partial charge in [0, 0.05) is 22.7 Å². The van der Waals surface area contributed by atoms with Gasteiger partial charge in [0.25, 0.3) is 0 Å². The topological polar surface area (TPSA) is 30.0 Å². The van der Waals surface area contributed by atoms with Crippen LogP contribution >= 0.6 is 0 Å². The van der Waals surface area contributed by atoms with Crippen molar-refractivity contribution in [3.05, 3.63) is 77.5 Å². The van der Waals surface area contributed by atoms with Crippen LogP contribution in [0.3, 0.4) is 0 Å². The number of aromatic nitrogens is 1. The molecular weight excluding hydrogens is 258 g/mol. The molecule has 0 aliphatic heterocycles. The molecule has 0 N–H and O–H groups in total. The fourth-order valence-electron chi connectivity index (χ4n) is 2.47. The number of pyridine rings is 1. The molecule has 0 atom stereocenters. The van der Waals surface area contributed by atoms with E-state index in [0.29, 0.717) is 11.5 Å². The van der Waals surface area contributed by atoms with Gasteiger partial charge in [0.2, 0.25) is 0 Å². The van der Waals surface area contributed by atoms with Crippen molar-refractivity contribution in [2.45, 2.75) is 19.8 Å². The second-order valence-corrected chi connectivity index (χ2v) is 5.48. The number of para-hydroxylation sites is 1. The average molecular weight is 275 g/mol. The first-order valence-electron chi connectivity index (χ1n) is 7.15. The third kappa shape index (κ3) is 2.57. The minimum Gasteiger partial charge on any atom is -0.289 e. The fraction of sp³-hybridized carbons (Fsp3) is 0.158. The lowest BCUT2D eigenvalue weighted by atomic mass is 9.96. The normalized spacial score (nSPS) is 11.0. The fourth-order valence-corrected chi connectivity index (χ4v) is 2.47. The second-order valence-electron chi connectivity index (χ2n) is 5.48. The Morgan fingerprint density at radius 3 is 2.38 bits per heavy atom. The number of benzene rings is 2. The molecule has 2 nitrogen and oxygen atoms in total. The van der Waals surface area contributed by atoms with Crippen LogP contribution in [-0.2, 0) is 0 Å². The zero-order valence-corrected chi connectivity index (χ0v) is 12.2. The maximum absolute atomic E-state index is 12.7. The van der Waals surface area contributed by atoms with Crippen molar-refractivity contribution in [3.8, 4) is 0 Å². The van der Waals surface area contributed by atoms with E-state index in [1.54, 1.807) is 12.3 Å². The van der Waals surface area contributed by atoms with Gasteiger partial charge < -0.3 is 0 Å². The molecule has 21 heavy (non-hydrogen) atoms. The number of hydrogen-bond donors (Lipinski definition) is 0. The van der Waals surface area contributed by atoms with E-state index in [2.05, 4.69) is 18.8 Å². The van der Waals surface area contributed by atoms with Gasteiger partial charge in [0.05, 0.1) is 5.52 Å². The van der Waals surface area contributed by atoms with Crippen LogP contribution in [0.2, 0.25) is 0 Å². The first kappa shape index (κ1) is 13.5. The van der Waals surface area contributed by atoms with Crippen molar-refractivity contribution in [3.63, 3.8) is 0 Å². The summed E-state index contributed by atoms with van der Waals surface area (Å²) in [5, 5.41) is 0.901. The van der Waals surface area contributed by atoms with E-state index >= 15 is 0 Å². The minimum atomic E-state index is 0.0453. The van der Waals surface area contributed by atoms with Crippen molar-refractivity contribution < 1.29 is 4.79 Å². The third-order valence-electron chi connectivity index (χ3n) is 3.73. The Hall–Kier alpha value is -2.48. The Balaban J connectivity index is 2.04. The quantitative estimate of drug-likeness (QED) is 0.654. The van der Waals surface area contributed by atoms with Gasteiger partial charge in [-0.15, -0.1) is 0 Å². The second kappa shape index (κ2) is 5.49. The lowest BCUT2D eigenvalue weighted by molar-refractivity contribution is 0.104. The van der Waals surface area contributed by atoms with Crippen molar-refractivity contribution >= 4 is 16.7 Å². The highest BCUT2D eigenvalue weighted by Crippen LogP contribution is 2.21. The highest BCUT2D eigenvalue weighted by molar-refractivity contribution is 6.15. The summed E-state index contributed by atoms with van der Waals surface area (Å²) in [7, 11) is 0. The van der Waals surface area contributed by atoms with Gasteiger partial charge in [-0.1, -0.05) is 56.3 Å². The van der Waals surface area contributed by atoms with Gasteiger partial charge in [-0.05, 0) is 23.6 Å². The standard InChI is InChI=1S/C19H17NO/c1-13(2)14-7-9-15(10-8-14)19(21)17-11-12-20-18-6-4-3-5-16(17)18/h3-13H,1-2H3. The number of carbonyl (C=O) groups is 1. The first-order chi connectivity index (χ1) is 10.2. The van der Waals surface area contributed by atoms with Gasteiger partial charge in [-0.2, -0.15) is 0 Å². The monoisotopic (exact) mass is 275 g/mol. The first-order valence-corrected chi connectivity index (χ1v) is 7.15. The molecule has 3 aromatic rings. The molecule has 3 rings (SSSR count). The molecule has 0 spiro atoms. The number of hydrogen-bond acceptors (Lipinski definition) is 2. The minimum absolute atomic E-state index is 0.0453. The summed E-state index contributed by atoms with van der Waals surface area (Å²) in [5.74, 6) is 0.514. The van der Waals surface area contributed by atoms with Crippen LogP contribution in [0.5, 0.6) is 0 Å². The molecule has 0 fully saturated rings. The highest BCUT2D eigenvalue weighted by Gasteiger charge is 2.13. The maximum Gasteiger partial charge on any atom is 0.193 e. The summed E-state index contributed by atoms with van der Waals surface area (Å²) >= 11 is 0. The Labute approximate surface area is 124 Å². The van der Waals surface area contributed by atoms with E-state index in [9.17, 15) is 4.79 Å². The number of rotatable bonds is 3. The predicted molar refractivity (Wildman–Crippen MR) is 85.7 cm³/mol. The molecule has 2 heteroatoms. The number of ketones is 1. The van der Waals surface area contributed by atoms with E-state index in [0.717, 1.165) is 16.5 Å². The van der Waals surface area contributed by atoms with E-state index in [4.69, 9.17) is 0 Å². The molecule has 1 heterocycles. The van der Waals surface area contributed by atoms with E-state index in [1.807, 2.05) is 48.5 Å². The van der Waals surface area contributed by atoms with Crippen LogP contribution in [0.15, 0.2) is 60.8 Å². The van der Waals surface area contributed by atoms with Gasteiger partial charge in [-0.25, -0.2) is 0 Å². The number of nitrogens with zero attached hydrogens (tertiary/aromatic N) is 1. The van der Waals surface area contributed by atoms with Crippen LogP contribution < -0.4 is 0 Å². The van der Waals surface area contributed by atoms with Crippen LogP contribution in [0.4, 0.5) is 0 Å². The largest absolute Gasteiger partial charge is 0.289 e. The SMILES string of the molecule is CC(C)c1ccc(C(=O)c2ccnc3ccccc23)cc1. The Morgan fingerprint density at radius 1 is 0.952 bits per heavy atom. The average Bonchev–Trinajstić information content (AvgIpc) is 2.53. The molecule has 0 aliphatic rings. The predicted octanol–water partition coefficient (Wildman–Crippen LogP) is 4.59. The molecule has 0 bridgehead atoms. The number of fused-ring (bicyclic) bond motifs is 1. The molecule has 1 aromatic heterocycles. The van der Waals surface area contributed by atoms with Crippen molar-refractivity contribution in [2.75, 3.05) is 0 Å². The molecule has 0 unspecified atom stereocenters. The van der Waals surface area contributed by atoms with E-state index < -0.39 is 0 Å². The van der Waals surface area contributed by atoms with Crippen molar-refractivity contribution in [2.24, 2.45) is 0 Å². The van der Waals surface area contributed by atoms with Gasteiger partial charge >= 0.3 is 0 Å². The lowest BCUT2D eigenvalue weighted by Gasteiger charge is -2.08. The molecule has 0 saturated carbocycles.